The van der Waals surface area contributed by atoms with Crippen molar-refractivity contribution in [2.24, 2.45) is 0 Å². The summed E-state index contributed by atoms with van der Waals surface area (Å²) in [6.45, 7) is 0.340. The fraction of sp³-hybridized carbons (Fsp3) is 0.0909. The molecule has 0 aromatic carbocycles. The van der Waals surface area contributed by atoms with Crippen LogP contribution >= 0.6 is 0 Å². The molecule has 0 aliphatic rings. The van der Waals surface area contributed by atoms with Gasteiger partial charge in [0, 0.05) is 25.1 Å². The average Bonchev–Trinajstić information content (AvgIpc) is 2.38. The summed E-state index contributed by atoms with van der Waals surface area (Å²) < 4.78 is 0. The Morgan fingerprint density at radius 2 is 2.22 bits per heavy atom. The van der Waals surface area contributed by atoms with Gasteiger partial charge in [0.05, 0.1) is 0 Å². The van der Waals surface area contributed by atoms with Crippen LogP contribution in [0.1, 0.15) is 16.1 Å². The number of rotatable bonds is 4. The fourth-order valence-electron chi connectivity index (χ4n) is 1.32. The molecule has 0 unspecified atom stereocenters. The van der Waals surface area contributed by atoms with E-state index in [0.29, 0.717) is 6.54 Å². The molecule has 0 aliphatic heterocycles. The Balaban J connectivity index is 2.05. The summed E-state index contributed by atoms with van der Waals surface area (Å²) in [6, 6.07) is 3.03. The highest BCUT2D eigenvalue weighted by atomic mass is 16.4. The predicted octanol–water partition coefficient (Wildman–Crippen LogP) is 0.475. The standard InChI is InChI=1S/C11H10N4O3/c16-10-9(12-3-4-13-10)15-6-7-1-2-8(11(17)18)14-5-7/h1-5H,6H2,(H,12,15)(H,13,16)(H,17,18). The second-order valence-electron chi connectivity index (χ2n) is 3.48. The predicted molar refractivity (Wildman–Crippen MR) is 63.4 cm³/mol. The Hall–Kier alpha value is -2.70. The van der Waals surface area contributed by atoms with Gasteiger partial charge in [-0.2, -0.15) is 0 Å². The van der Waals surface area contributed by atoms with E-state index in [1.807, 2.05) is 0 Å². The molecule has 0 amide bonds. The van der Waals surface area contributed by atoms with Crippen LogP contribution in [0.25, 0.3) is 0 Å². The number of aromatic amines is 1. The van der Waals surface area contributed by atoms with Gasteiger partial charge in [-0.15, -0.1) is 0 Å². The zero-order valence-corrected chi connectivity index (χ0v) is 9.25. The number of carboxylic acid groups (broad SMARTS) is 1. The molecule has 0 atom stereocenters. The van der Waals surface area contributed by atoms with Gasteiger partial charge in [-0.3, -0.25) is 4.79 Å². The summed E-state index contributed by atoms with van der Waals surface area (Å²) in [5.74, 6) is -0.865. The average molecular weight is 246 g/mol. The maximum absolute atomic E-state index is 11.3. The lowest BCUT2D eigenvalue weighted by Crippen LogP contribution is -2.15. The van der Waals surface area contributed by atoms with Crippen LogP contribution < -0.4 is 10.9 Å². The van der Waals surface area contributed by atoms with Crippen molar-refractivity contribution in [2.75, 3.05) is 5.32 Å². The Kier molecular flexibility index (Phi) is 3.33. The topological polar surface area (TPSA) is 108 Å². The maximum atomic E-state index is 11.3. The van der Waals surface area contributed by atoms with Gasteiger partial charge in [0.2, 0.25) is 0 Å². The molecule has 7 nitrogen and oxygen atoms in total. The lowest BCUT2D eigenvalue weighted by atomic mass is 10.2. The van der Waals surface area contributed by atoms with E-state index < -0.39 is 5.97 Å². The number of nitrogens with one attached hydrogen (secondary N) is 2. The van der Waals surface area contributed by atoms with E-state index in [1.165, 1.54) is 24.7 Å². The zero-order valence-electron chi connectivity index (χ0n) is 9.25. The molecule has 7 heteroatoms. The van der Waals surface area contributed by atoms with Crippen LogP contribution in [0.2, 0.25) is 0 Å². The van der Waals surface area contributed by atoms with Gasteiger partial charge in [-0.25, -0.2) is 14.8 Å². The van der Waals surface area contributed by atoms with E-state index in [1.54, 1.807) is 6.07 Å². The summed E-state index contributed by atoms with van der Waals surface area (Å²) >= 11 is 0. The largest absolute Gasteiger partial charge is 0.477 e. The second kappa shape index (κ2) is 5.09. The molecule has 0 spiro atoms. The lowest BCUT2D eigenvalue weighted by Gasteiger charge is -2.04. The first-order valence-corrected chi connectivity index (χ1v) is 5.12. The minimum absolute atomic E-state index is 0.0190. The Morgan fingerprint density at radius 3 is 2.83 bits per heavy atom. The van der Waals surface area contributed by atoms with Crippen LogP contribution in [-0.2, 0) is 6.54 Å². The molecule has 0 saturated carbocycles. The number of anilines is 1. The molecule has 0 saturated heterocycles. The zero-order chi connectivity index (χ0) is 13.0. The molecule has 0 aliphatic carbocycles. The van der Waals surface area contributed by atoms with Crippen molar-refractivity contribution in [3.63, 3.8) is 0 Å². The highest BCUT2D eigenvalue weighted by Crippen LogP contribution is 2.02. The molecule has 2 heterocycles. The number of hydrogen-bond acceptors (Lipinski definition) is 5. The van der Waals surface area contributed by atoms with E-state index in [2.05, 4.69) is 20.3 Å². The highest BCUT2D eigenvalue weighted by Gasteiger charge is 2.04. The summed E-state index contributed by atoms with van der Waals surface area (Å²) in [5.41, 5.74) is 0.423. The maximum Gasteiger partial charge on any atom is 0.354 e. The van der Waals surface area contributed by atoms with Crippen molar-refractivity contribution in [2.45, 2.75) is 6.54 Å². The van der Waals surface area contributed by atoms with Crippen molar-refractivity contribution in [1.82, 2.24) is 15.0 Å². The molecule has 92 valence electrons. The molecule has 0 bridgehead atoms. The van der Waals surface area contributed by atoms with Crippen molar-refractivity contribution in [3.8, 4) is 0 Å². The van der Waals surface area contributed by atoms with E-state index in [0.717, 1.165) is 5.56 Å². The smallest absolute Gasteiger partial charge is 0.354 e. The summed E-state index contributed by atoms with van der Waals surface area (Å²) in [4.78, 5) is 32.0. The first-order valence-electron chi connectivity index (χ1n) is 5.12. The fourth-order valence-corrected chi connectivity index (χ4v) is 1.32. The monoisotopic (exact) mass is 246 g/mol. The lowest BCUT2D eigenvalue weighted by molar-refractivity contribution is 0.0690. The summed E-state index contributed by atoms with van der Waals surface area (Å²) in [7, 11) is 0. The highest BCUT2D eigenvalue weighted by molar-refractivity contribution is 5.85. The number of nitrogens with zero attached hydrogens (tertiary/aromatic N) is 2. The van der Waals surface area contributed by atoms with Crippen molar-refractivity contribution >= 4 is 11.8 Å². The Bertz CT molecular complexity index is 606. The van der Waals surface area contributed by atoms with Gasteiger partial charge in [0.25, 0.3) is 5.56 Å². The molecule has 3 N–H and O–H groups in total. The van der Waals surface area contributed by atoms with E-state index in [4.69, 9.17) is 5.11 Å². The number of aromatic nitrogens is 3. The molecule has 0 radical (unpaired) electrons. The number of hydrogen-bond donors (Lipinski definition) is 3. The van der Waals surface area contributed by atoms with Gasteiger partial charge in [0.15, 0.2) is 5.82 Å². The van der Waals surface area contributed by atoms with Crippen molar-refractivity contribution in [3.05, 3.63) is 52.3 Å². The molecule has 18 heavy (non-hydrogen) atoms. The third kappa shape index (κ3) is 2.70. The van der Waals surface area contributed by atoms with Crippen LogP contribution in [0.15, 0.2) is 35.5 Å². The van der Waals surface area contributed by atoms with Crippen LogP contribution in [0.5, 0.6) is 0 Å². The molecular weight excluding hydrogens is 236 g/mol. The van der Waals surface area contributed by atoms with E-state index in [9.17, 15) is 9.59 Å². The van der Waals surface area contributed by atoms with Crippen molar-refractivity contribution in [1.29, 1.82) is 0 Å². The Morgan fingerprint density at radius 1 is 1.39 bits per heavy atom. The molecule has 2 rings (SSSR count). The quantitative estimate of drug-likeness (QED) is 0.724. The summed E-state index contributed by atoms with van der Waals surface area (Å²) in [6.07, 6.45) is 4.35. The van der Waals surface area contributed by atoms with E-state index in [-0.39, 0.29) is 17.1 Å². The van der Waals surface area contributed by atoms with E-state index >= 15 is 0 Å². The van der Waals surface area contributed by atoms with Gasteiger partial charge < -0.3 is 15.4 Å². The van der Waals surface area contributed by atoms with Crippen molar-refractivity contribution < 1.29 is 9.90 Å². The first-order chi connectivity index (χ1) is 8.66. The van der Waals surface area contributed by atoms with Gasteiger partial charge in [-0.05, 0) is 11.6 Å². The van der Waals surface area contributed by atoms with Crippen LogP contribution in [0.3, 0.4) is 0 Å². The Labute approximate surface area is 102 Å². The number of carboxylic acids is 1. The third-order valence-electron chi connectivity index (χ3n) is 2.21. The van der Waals surface area contributed by atoms with Crippen LogP contribution in [0, 0.1) is 0 Å². The molecule has 2 aromatic heterocycles. The first kappa shape index (κ1) is 11.8. The summed E-state index contributed by atoms with van der Waals surface area (Å²) in [5, 5.41) is 11.5. The molecular formula is C11H10N4O3. The van der Waals surface area contributed by atoms with Gasteiger partial charge >= 0.3 is 5.97 Å². The number of pyridine rings is 1. The van der Waals surface area contributed by atoms with Crippen LogP contribution in [0.4, 0.5) is 5.82 Å². The van der Waals surface area contributed by atoms with Crippen LogP contribution in [-0.4, -0.2) is 26.0 Å². The second-order valence-corrected chi connectivity index (χ2v) is 3.48. The number of carbonyl (C=O) groups is 1. The SMILES string of the molecule is O=C(O)c1ccc(CNc2ncc[nH]c2=O)cn1. The van der Waals surface area contributed by atoms with Gasteiger partial charge in [0.1, 0.15) is 5.69 Å². The minimum Gasteiger partial charge on any atom is -0.477 e. The number of aromatic carboxylic acids is 1. The van der Waals surface area contributed by atoms with Gasteiger partial charge in [-0.1, -0.05) is 6.07 Å². The normalized spacial score (nSPS) is 10.0. The third-order valence-corrected chi connectivity index (χ3v) is 2.21. The molecule has 0 fully saturated rings. The number of H-pyrrole nitrogens is 1. The minimum atomic E-state index is -1.07. The molecule has 2 aromatic rings.